The van der Waals surface area contributed by atoms with E-state index in [0.717, 1.165) is 9.37 Å². The van der Waals surface area contributed by atoms with Gasteiger partial charge < -0.3 is 11.1 Å². The molecular formula is C15H14BrClN2OS. The number of nitrogens with one attached hydrogen (secondary N) is 1. The molecule has 0 aromatic heterocycles. The number of hydrogen-bond donors (Lipinski definition) is 2. The molecule has 21 heavy (non-hydrogen) atoms. The van der Waals surface area contributed by atoms with Crippen molar-refractivity contribution < 1.29 is 4.79 Å². The van der Waals surface area contributed by atoms with Gasteiger partial charge in [0.2, 0.25) is 5.91 Å². The SMILES string of the molecule is Nc1ccc(SCCC(=O)Nc2cccc(Cl)c2)c(Br)c1. The molecule has 0 saturated heterocycles. The van der Waals surface area contributed by atoms with E-state index >= 15 is 0 Å². The van der Waals surface area contributed by atoms with E-state index < -0.39 is 0 Å². The first kappa shape index (κ1) is 16.2. The second-order valence-corrected chi connectivity index (χ2v) is 6.77. The average molecular weight is 386 g/mol. The number of nitrogen functional groups attached to an aromatic ring is 1. The van der Waals surface area contributed by atoms with Gasteiger partial charge in [-0.25, -0.2) is 0 Å². The van der Waals surface area contributed by atoms with Crippen LogP contribution in [0.15, 0.2) is 51.8 Å². The Kier molecular flexibility index (Phi) is 5.96. The van der Waals surface area contributed by atoms with E-state index in [-0.39, 0.29) is 5.91 Å². The van der Waals surface area contributed by atoms with Gasteiger partial charge in [0, 0.05) is 37.9 Å². The summed E-state index contributed by atoms with van der Waals surface area (Å²) >= 11 is 10.9. The van der Waals surface area contributed by atoms with Crippen molar-refractivity contribution in [3.8, 4) is 0 Å². The Morgan fingerprint density at radius 1 is 1.29 bits per heavy atom. The smallest absolute Gasteiger partial charge is 0.225 e. The highest BCUT2D eigenvalue weighted by molar-refractivity contribution is 9.10. The Morgan fingerprint density at radius 2 is 2.10 bits per heavy atom. The van der Waals surface area contributed by atoms with Gasteiger partial charge in [-0.1, -0.05) is 17.7 Å². The minimum atomic E-state index is -0.0312. The third-order valence-electron chi connectivity index (χ3n) is 2.65. The molecule has 6 heteroatoms. The quantitative estimate of drug-likeness (QED) is 0.574. The molecule has 0 aliphatic rings. The minimum Gasteiger partial charge on any atom is -0.399 e. The Morgan fingerprint density at radius 3 is 2.81 bits per heavy atom. The van der Waals surface area contributed by atoms with Crippen LogP contribution in [0.25, 0.3) is 0 Å². The summed E-state index contributed by atoms with van der Waals surface area (Å²) < 4.78 is 0.947. The van der Waals surface area contributed by atoms with Crippen LogP contribution < -0.4 is 11.1 Å². The number of hydrogen-bond acceptors (Lipinski definition) is 3. The minimum absolute atomic E-state index is 0.0312. The normalized spacial score (nSPS) is 10.4. The highest BCUT2D eigenvalue weighted by Crippen LogP contribution is 2.29. The molecule has 2 aromatic carbocycles. The number of amides is 1. The Labute approximate surface area is 141 Å². The predicted molar refractivity (Wildman–Crippen MR) is 94.0 cm³/mol. The molecule has 3 nitrogen and oxygen atoms in total. The summed E-state index contributed by atoms with van der Waals surface area (Å²) in [5, 5.41) is 3.43. The number of nitrogens with two attached hydrogens (primary N) is 1. The van der Waals surface area contributed by atoms with E-state index in [4.69, 9.17) is 17.3 Å². The summed E-state index contributed by atoms with van der Waals surface area (Å²) in [4.78, 5) is 12.9. The van der Waals surface area contributed by atoms with E-state index in [1.165, 1.54) is 0 Å². The summed E-state index contributed by atoms with van der Waals surface area (Å²) in [6.07, 6.45) is 0.425. The maximum Gasteiger partial charge on any atom is 0.225 e. The predicted octanol–water partition coefficient (Wildman–Crippen LogP) is 4.81. The summed E-state index contributed by atoms with van der Waals surface area (Å²) in [7, 11) is 0. The molecule has 1 amide bonds. The topological polar surface area (TPSA) is 55.1 Å². The summed E-state index contributed by atoms with van der Waals surface area (Å²) in [5.41, 5.74) is 7.12. The Bertz CT molecular complexity index is 651. The van der Waals surface area contributed by atoms with Gasteiger partial charge in [0.15, 0.2) is 0 Å². The van der Waals surface area contributed by atoms with Gasteiger partial charge >= 0.3 is 0 Å². The standard InChI is InChI=1S/C15H14BrClN2OS/c16-13-9-11(18)4-5-14(13)21-7-6-15(20)19-12-3-1-2-10(17)8-12/h1-5,8-9H,6-7,18H2,(H,19,20). The van der Waals surface area contributed by atoms with E-state index in [9.17, 15) is 4.79 Å². The molecule has 0 aliphatic heterocycles. The monoisotopic (exact) mass is 384 g/mol. The van der Waals surface area contributed by atoms with Crippen LogP contribution in [0.2, 0.25) is 5.02 Å². The lowest BCUT2D eigenvalue weighted by molar-refractivity contribution is -0.115. The van der Waals surface area contributed by atoms with Gasteiger partial charge in [-0.05, 0) is 52.3 Å². The van der Waals surface area contributed by atoms with Crippen molar-refractivity contribution in [2.24, 2.45) is 0 Å². The van der Waals surface area contributed by atoms with Crippen molar-refractivity contribution in [2.75, 3.05) is 16.8 Å². The Balaban J connectivity index is 1.81. The lowest BCUT2D eigenvalue weighted by Gasteiger charge is -2.07. The highest BCUT2D eigenvalue weighted by atomic mass is 79.9. The van der Waals surface area contributed by atoms with Crippen LogP contribution in [0.5, 0.6) is 0 Å². The number of thioether (sulfide) groups is 1. The first-order valence-electron chi connectivity index (χ1n) is 6.28. The maximum absolute atomic E-state index is 11.9. The van der Waals surface area contributed by atoms with Crippen molar-refractivity contribution >= 4 is 56.6 Å². The molecule has 0 atom stereocenters. The van der Waals surface area contributed by atoms with Gasteiger partial charge in [0.1, 0.15) is 0 Å². The maximum atomic E-state index is 11.9. The first-order valence-corrected chi connectivity index (χ1v) is 8.43. The summed E-state index contributed by atoms with van der Waals surface area (Å²) in [6.45, 7) is 0. The van der Waals surface area contributed by atoms with Crippen LogP contribution in [0, 0.1) is 0 Å². The van der Waals surface area contributed by atoms with Crippen LogP contribution in [0.4, 0.5) is 11.4 Å². The number of benzene rings is 2. The summed E-state index contributed by atoms with van der Waals surface area (Å²) in [5.74, 6) is 0.658. The van der Waals surface area contributed by atoms with Gasteiger partial charge in [0.05, 0.1) is 0 Å². The number of carbonyl (C=O) groups is 1. The third kappa shape index (κ3) is 5.26. The molecule has 0 radical (unpaired) electrons. The molecule has 0 bridgehead atoms. The molecule has 0 unspecified atom stereocenters. The number of halogens is 2. The van der Waals surface area contributed by atoms with E-state index in [1.807, 2.05) is 24.3 Å². The average Bonchev–Trinajstić information content (AvgIpc) is 2.41. The van der Waals surface area contributed by atoms with Crippen LogP contribution in [-0.2, 0) is 4.79 Å². The van der Waals surface area contributed by atoms with Gasteiger partial charge in [-0.2, -0.15) is 0 Å². The van der Waals surface area contributed by atoms with E-state index in [1.54, 1.807) is 30.0 Å². The lowest BCUT2D eigenvalue weighted by Crippen LogP contribution is -2.12. The van der Waals surface area contributed by atoms with Crippen LogP contribution >= 0.6 is 39.3 Å². The first-order chi connectivity index (χ1) is 10.0. The highest BCUT2D eigenvalue weighted by Gasteiger charge is 2.05. The Hall–Kier alpha value is -1.17. The van der Waals surface area contributed by atoms with Crippen molar-refractivity contribution in [3.63, 3.8) is 0 Å². The van der Waals surface area contributed by atoms with Crippen LogP contribution in [0.1, 0.15) is 6.42 Å². The fourth-order valence-electron chi connectivity index (χ4n) is 1.68. The van der Waals surface area contributed by atoms with Crippen LogP contribution in [0.3, 0.4) is 0 Å². The number of rotatable bonds is 5. The fraction of sp³-hybridized carbons (Fsp3) is 0.133. The van der Waals surface area contributed by atoms with Gasteiger partial charge in [-0.15, -0.1) is 11.8 Å². The number of carbonyl (C=O) groups excluding carboxylic acids is 1. The third-order valence-corrected chi connectivity index (χ3v) is 4.88. The molecule has 0 heterocycles. The molecule has 0 aliphatic carbocycles. The zero-order valence-corrected chi connectivity index (χ0v) is 14.3. The zero-order valence-electron chi connectivity index (χ0n) is 11.1. The molecule has 0 spiro atoms. The largest absolute Gasteiger partial charge is 0.399 e. The van der Waals surface area contributed by atoms with Crippen LogP contribution in [-0.4, -0.2) is 11.7 Å². The second kappa shape index (κ2) is 7.73. The van der Waals surface area contributed by atoms with Gasteiger partial charge in [0.25, 0.3) is 0 Å². The van der Waals surface area contributed by atoms with Crippen molar-refractivity contribution in [1.82, 2.24) is 0 Å². The number of anilines is 2. The van der Waals surface area contributed by atoms with Gasteiger partial charge in [-0.3, -0.25) is 4.79 Å². The summed E-state index contributed by atoms with van der Waals surface area (Å²) in [6, 6.07) is 12.8. The van der Waals surface area contributed by atoms with E-state index in [0.29, 0.717) is 28.6 Å². The van der Waals surface area contributed by atoms with Crippen molar-refractivity contribution in [3.05, 3.63) is 52.0 Å². The van der Waals surface area contributed by atoms with Crippen molar-refractivity contribution in [1.29, 1.82) is 0 Å². The zero-order chi connectivity index (χ0) is 15.2. The molecule has 0 saturated carbocycles. The molecule has 3 N–H and O–H groups in total. The lowest BCUT2D eigenvalue weighted by atomic mass is 10.3. The molecule has 0 fully saturated rings. The molecular weight excluding hydrogens is 372 g/mol. The molecule has 110 valence electrons. The second-order valence-electron chi connectivity index (χ2n) is 4.35. The molecule has 2 aromatic rings. The molecule has 2 rings (SSSR count). The van der Waals surface area contributed by atoms with Crippen molar-refractivity contribution in [2.45, 2.75) is 11.3 Å². The van der Waals surface area contributed by atoms with E-state index in [2.05, 4.69) is 21.2 Å². The fourth-order valence-corrected chi connectivity index (χ4v) is 3.48.